The van der Waals surface area contributed by atoms with Gasteiger partial charge in [-0.05, 0) is 31.2 Å². The summed E-state index contributed by atoms with van der Waals surface area (Å²) in [6.45, 7) is 5.71. The molecule has 3 aromatic heterocycles. The van der Waals surface area contributed by atoms with Crippen LogP contribution in [0.3, 0.4) is 0 Å². The predicted octanol–water partition coefficient (Wildman–Crippen LogP) is 3.14. The summed E-state index contributed by atoms with van der Waals surface area (Å²) in [5.41, 5.74) is 3.23. The molecule has 11 heteroatoms. The molecule has 1 spiro atoms. The van der Waals surface area contributed by atoms with Crippen molar-refractivity contribution in [3.63, 3.8) is 0 Å². The molecule has 9 nitrogen and oxygen atoms in total. The number of ether oxygens (including phenoxy) is 1. The van der Waals surface area contributed by atoms with Crippen LogP contribution in [-0.4, -0.2) is 57.6 Å². The summed E-state index contributed by atoms with van der Waals surface area (Å²) in [6, 6.07) is 10.2. The Morgan fingerprint density at radius 2 is 2.00 bits per heavy atom. The number of anilines is 1. The van der Waals surface area contributed by atoms with Crippen LogP contribution in [0.25, 0.3) is 22.7 Å². The predicted molar refractivity (Wildman–Crippen MR) is 124 cm³/mol. The average molecular weight is 476 g/mol. The molecule has 35 heavy (non-hydrogen) atoms. The number of pyridine rings is 1. The smallest absolute Gasteiger partial charge is 0.267 e. The van der Waals surface area contributed by atoms with Gasteiger partial charge in [-0.25, -0.2) is 23.4 Å². The molecule has 4 aromatic rings. The molecular formula is C24H22F2N8O. The van der Waals surface area contributed by atoms with Gasteiger partial charge >= 0.3 is 0 Å². The van der Waals surface area contributed by atoms with Crippen molar-refractivity contribution < 1.29 is 13.5 Å². The minimum atomic E-state index is -2.76. The van der Waals surface area contributed by atoms with Crippen LogP contribution in [0, 0.1) is 23.7 Å². The average Bonchev–Trinajstić information content (AvgIpc) is 3.38. The number of aryl methyl sites for hydroxylation is 1. The molecule has 6 rings (SSSR count). The lowest BCUT2D eigenvalue weighted by Crippen LogP contribution is -2.71. The SMILES string of the molecule is COc1cc2c(cc1N1CC3(CNC3)C1)ncn2-c1ccc(C(F)F)c(-n2nc(C#N)cc2C)n1. The van der Waals surface area contributed by atoms with Crippen molar-refractivity contribution >= 4 is 16.7 Å². The summed E-state index contributed by atoms with van der Waals surface area (Å²) in [5, 5.41) is 16.6. The number of alkyl halides is 2. The third-order valence-electron chi connectivity index (χ3n) is 6.82. The van der Waals surface area contributed by atoms with Gasteiger partial charge in [0.25, 0.3) is 6.43 Å². The number of halogens is 2. The molecule has 0 radical (unpaired) electrons. The summed E-state index contributed by atoms with van der Waals surface area (Å²) in [4.78, 5) is 11.4. The highest BCUT2D eigenvalue weighted by atomic mass is 19.3. The lowest BCUT2D eigenvalue weighted by atomic mass is 9.74. The van der Waals surface area contributed by atoms with E-state index in [2.05, 4.69) is 25.3 Å². The van der Waals surface area contributed by atoms with E-state index in [4.69, 9.17) is 4.74 Å². The molecule has 2 aliphatic rings. The number of nitrogens with zero attached hydrogens (tertiary/aromatic N) is 7. The Labute approximate surface area is 199 Å². The number of hydrogen-bond acceptors (Lipinski definition) is 7. The highest BCUT2D eigenvalue weighted by molar-refractivity contribution is 5.85. The zero-order valence-electron chi connectivity index (χ0n) is 19.2. The second-order valence-corrected chi connectivity index (χ2v) is 9.16. The van der Waals surface area contributed by atoms with Crippen molar-refractivity contribution in [3.8, 4) is 23.5 Å². The van der Waals surface area contributed by atoms with Crippen LogP contribution < -0.4 is 15.0 Å². The molecule has 178 valence electrons. The lowest BCUT2D eigenvalue weighted by Gasteiger charge is -2.57. The molecule has 0 atom stereocenters. The van der Waals surface area contributed by atoms with E-state index in [0.29, 0.717) is 22.7 Å². The number of nitrogens with one attached hydrogen (secondary N) is 1. The third kappa shape index (κ3) is 3.32. The van der Waals surface area contributed by atoms with Crippen molar-refractivity contribution in [1.29, 1.82) is 5.26 Å². The highest BCUT2D eigenvalue weighted by Gasteiger charge is 2.48. The van der Waals surface area contributed by atoms with Crippen molar-refractivity contribution in [2.24, 2.45) is 5.41 Å². The first-order valence-electron chi connectivity index (χ1n) is 11.2. The normalized spacial score (nSPS) is 16.4. The summed E-state index contributed by atoms with van der Waals surface area (Å²) in [7, 11) is 1.63. The van der Waals surface area contributed by atoms with Gasteiger partial charge in [0.05, 0.1) is 29.4 Å². The molecular weight excluding hydrogens is 454 g/mol. The Morgan fingerprint density at radius 1 is 1.20 bits per heavy atom. The summed E-state index contributed by atoms with van der Waals surface area (Å²) >= 11 is 0. The second-order valence-electron chi connectivity index (χ2n) is 9.16. The molecule has 0 aliphatic carbocycles. The number of hydrogen-bond donors (Lipinski definition) is 1. The van der Waals surface area contributed by atoms with E-state index < -0.39 is 6.43 Å². The summed E-state index contributed by atoms with van der Waals surface area (Å²) in [6.07, 6.45) is -1.14. The molecule has 1 N–H and O–H groups in total. The van der Waals surface area contributed by atoms with Crippen LogP contribution in [0.15, 0.2) is 36.7 Å². The van der Waals surface area contributed by atoms with Gasteiger partial charge in [0, 0.05) is 43.4 Å². The minimum absolute atomic E-state index is 0.0260. The van der Waals surface area contributed by atoms with Gasteiger partial charge in [-0.2, -0.15) is 10.4 Å². The van der Waals surface area contributed by atoms with E-state index in [1.54, 1.807) is 24.9 Å². The maximum atomic E-state index is 13.8. The zero-order valence-corrected chi connectivity index (χ0v) is 19.2. The molecule has 0 saturated carbocycles. The van der Waals surface area contributed by atoms with Gasteiger partial charge in [-0.3, -0.25) is 4.57 Å². The van der Waals surface area contributed by atoms with Gasteiger partial charge in [0.2, 0.25) is 0 Å². The van der Waals surface area contributed by atoms with Crippen molar-refractivity contribution in [1.82, 2.24) is 29.6 Å². The number of aromatic nitrogens is 5. The van der Waals surface area contributed by atoms with Crippen molar-refractivity contribution in [2.45, 2.75) is 13.3 Å². The van der Waals surface area contributed by atoms with Crippen LogP contribution in [0.2, 0.25) is 0 Å². The fourth-order valence-corrected chi connectivity index (χ4v) is 4.92. The molecule has 2 fully saturated rings. The number of methoxy groups -OCH3 is 1. The summed E-state index contributed by atoms with van der Waals surface area (Å²) in [5.74, 6) is 1.09. The maximum absolute atomic E-state index is 13.8. The number of nitriles is 1. The Hall–Kier alpha value is -4.04. The highest BCUT2D eigenvalue weighted by Crippen LogP contribution is 2.42. The van der Waals surface area contributed by atoms with E-state index in [0.717, 1.165) is 42.9 Å². The molecule has 0 amide bonds. The topological polar surface area (TPSA) is 96.8 Å². The molecule has 1 aromatic carbocycles. The first kappa shape index (κ1) is 21.5. The lowest BCUT2D eigenvalue weighted by molar-refractivity contribution is 0.121. The van der Waals surface area contributed by atoms with Gasteiger partial charge in [0.1, 0.15) is 24.0 Å². The maximum Gasteiger partial charge on any atom is 0.267 e. The standard InChI is InChI=1S/C24H22F2N8O/c1-14-5-15(8-27)31-34(14)23-16(22(25)26)3-4-21(30-23)33-13-29-17-6-19(20(35-2)7-18(17)33)32-11-24(12-32)9-28-10-24/h3-7,13,22,28H,9-12H2,1-2H3. The first-order chi connectivity index (χ1) is 16.9. The van der Waals surface area contributed by atoms with E-state index in [1.807, 2.05) is 18.2 Å². The van der Waals surface area contributed by atoms with Crippen LogP contribution >= 0.6 is 0 Å². The van der Waals surface area contributed by atoms with E-state index in [-0.39, 0.29) is 17.1 Å². The van der Waals surface area contributed by atoms with Crippen LogP contribution in [0.5, 0.6) is 5.75 Å². The second kappa shape index (κ2) is 7.74. The monoisotopic (exact) mass is 476 g/mol. The van der Waals surface area contributed by atoms with Crippen LogP contribution in [0.4, 0.5) is 14.5 Å². The Kier molecular flexibility index (Phi) is 4.76. The third-order valence-corrected chi connectivity index (χ3v) is 6.82. The number of imidazole rings is 1. The van der Waals surface area contributed by atoms with Gasteiger partial charge in [0.15, 0.2) is 11.5 Å². The zero-order chi connectivity index (χ0) is 24.3. The number of rotatable bonds is 5. The minimum Gasteiger partial charge on any atom is -0.495 e. The Morgan fingerprint density at radius 3 is 2.63 bits per heavy atom. The number of fused-ring (bicyclic) bond motifs is 1. The van der Waals surface area contributed by atoms with E-state index in [1.165, 1.54) is 22.9 Å². The fourth-order valence-electron chi connectivity index (χ4n) is 4.92. The van der Waals surface area contributed by atoms with Crippen molar-refractivity contribution in [3.05, 3.63) is 53.6 Å². The summed E-state index contributed by atoms with van der Waals surface area (Å²) < 4.78 is 36.3. The first-order valence-corrected chi connectivity index (χ1v) is 11.2. The van der Waals surface area contributed by atoms with Gasteiger partial charge in [-0.1, -0.05) is 0 Å². The van der Waals surface area contributed by atoms with Gasteiger partial charge < -0.3 is 15.0 Å². The van der Waals surface area contributed by atoms with E-state index >= 15 is 0 Å². The Bertz CT molecular complexity index is 1490. The van der Waals surface area contributed by atoms with Crippen LogP contribution in [0.1, 0.15) is 23.4 Å². The van der Waals surface area contributed by atoms with Crippen LogP contribution in [-0.2, 0) is 0 Å². The van der Waals surface area contributed by atoms with Crippen molar-refractivity contribution in [2.75, 3.05) is 38.2 Å². The van der Waals surface area contributed by atoms with Gasteiger partial charge in [-0.15, -0.1) is 0 Å². The quantitative estimate of drug-likeness (QED) is 0.473. The Balaban J connectivity index is 1.43. The fraction of sp³-hybridized carbons (Fsp3) is 0.333. The molecule has 0 bridgehead atoms. The molecule has 2 aliphatic heterocycles. The molecule has 0 unspecified atom stereocenters. The number of benzene rings is 1. The molecule has 5 heterocycles. The van der Waals surface area contributed by atoms with E-state index in [9.17, 15) is 14.0 Å². The molecule has 2 saturated heterocycles. The largest absolute Gasteiger partial charge is 0.495 e.